The Morgan fingerprint density at radius 1 is 1.22 bits per heavy atom. The van der Waals surface area contributed by atoms with Crippen molar-refractivity contribution in [2.24, 2.45) is 0 Å². The van der Waals surface area contributed by atoms with E-state index in [-0.39, 0.29) is 5.25 Å². The number of rotatable bonds is 9. The second-order valence-electron chi connectivity index (χ2n) is 5.76. The molecular formula is C17H20ClN7OS. The summed E-state index contributed by atoms with van der Waals surface area (Å²) in [6.07, 6.45) is 5.65. The smallest absolute Gasteiger partial charge is 0.235 e. The van der Waals surface area contributed by atoms with Gasteiger partial charge in [0.15, 0.2) is 5.82 Å². The van der Waals surface area contributed by atoms with E-state index >= 15 is 0 Å². The standard InChI is InChI=1S/C17H20ClN7OS/c1-12(9-15-20-10-13(18)11-21-15)27-24-17-23-22-16(25(17)7-8-26-2)14-5-3-4-6-19-14/h3-6,10-12H,7-9H2,1-2H3,(H,23,24). The molecule has 0 saturated carbocycles. The highest BCUT2D eigenvalue weighted by Crippen LogP contribution is 2.22. The van der Waals surface area contributed by atoms with Gasteiger partial charge in [-0.3, -0.25) is 14.3 Å². The van der Waals surface area contributed by atoms with Gasteiger partial charge in [-0.05, 0) is 24.1 Å². The zero-order chi connectivity index (χ0) is 19.1. The van der Waals surface area contributed by atoms with Crippen LogP contribution in [0.25, 0.3) is 11.5 Å². The molecule has 1 atom stereocenters. The predicted octanol–water partition coefficient (Wildman–Crippen LogP) is 3.12. The number of nitrogens with zero attached hydrogens (tertiary/aromatic N) is 6. The van der Waals surface area contributed by atoms with Crippen molar-refractivity contribution in [2.75, 3.05) is 18.4 Å². The Bertz CT molecular complexity index is 844. The van der Waals surface area contributed by atoms with Crippen molar-refractivity contribution in [3.05, 3.63) is 47.6 Å². The van der Waals surface area contributed by atoms with E-state index < -0.39 is 0 Å². The van der Waals surface area contributed by atoms with E-state index in [0.29, 0.717) is 36.4 Å². The van der Waals surface area contributed by atoms with Gasteiger partial charge in [0, 0.05) is 37.4 Å². The summed E-state index contributed by atoms with van der Waals surface area (Å²) in [7, 11) is 1.67. The first kappa shape index (κ1) is 19.5. The zero-order valence-electron chi connectivity index (χ0n) is 15.0. The summed E-state index contributed by atoms with van der Waals surface area (Å²) in [5.41, 5.74) is 0.766. The molecule has 0 radical (unpaired) electrons. The largest absolute Gasteiger partial charge is 0.383 e. The Hall–Kier alpha value is -2.23. The van der Waals surface area contributed by atoms with Crippen LogP contribution in [0, 0.1) is 0 Å². The van der Waals surface area contributed by atoms with Gasteiger partial charge in [-0.25, -0.2) is 9.97 Å². The first-order chi connectivity index (χ1) is 13.2. The van der Waals surface area contributed by atoms with Crippen molar-refractivity contribution < 1.29 is 4.74 Å². The van der Waals surface area contributed by atoms with Crippen molar-refractivity contribution in [3.8, 4) is 11.5 Å². The highest BCUT2D eigenvalue weighted by molar-refractivity contribution is 8.01. The highest BCUT2D eigenvalue weighted by atomic mass is 35.5. The van der Waals surface area contributed by atoms with Crippen LogP contribution in [0.15, 0.2) is 36.8 Å². The number of pyridine rings is 1. The number of anilines is 1. The Morgan fingerprint density at radius 3 is 2.74 bits per heavy atom. The van der Waals surface area contributed by atoms with Crippen LogP contribution < -0.4 is 4.72 Å². The monoisotopic (exact) mass is 405 g/mol. The fourth-order valence-corrected chi connectivity index (χ4v) is 3.14. The summed E-state index contributed by atoms with van der Waals surface area (Å²) in [6.45, 7) is 3.25. The lowest BCUT2D eigenvalue weighted by Gasteiger charge is -2.13. The molecule has 8 nitrogen and oxygen atoms in total. The molecule has 0 fully saturated rings. The molecule has 0 aliphatic rings. The van der Waals surface area contributed by atoms with Crippen LogP contribution in [0.5, 0.6) is 0 Å². The molecule has 0 amide bonds. The van der Waals surface area contributed by atoms with Crippen LogP contribution in [0.3, 0.4) is 0 Å². The average molecular weight is 406 g/mol. The number of hydrogen-bond acceptors (Lipinski definition) is 8. The van der Waals surface area contributed by atoms with Gasteiger partial charge >= 0.3 is 0 Å². The van der Waals surface area contributed by atoms with Gasteiger partial charge in [0.2, 0.25) is 5.95 Å². The maximum absolute atomic E-state index is 5.83. The third-order valence-corrected chi connectivity index (χ3v) is 4.72. The fourth-order valence-electron chi connectivity index (χ4n) is 2.35. The van der Waals surface area contributed by atoms with Crippen LogP contribution >= 0.6 is 23.5 Å². The number of aromatic nitrogens is 6. The lowest BCUT2D eigenvalue weighted by Crippen LogP contribution is -2.12. The molecule has 3 heterocycles. The van der Waals surface area contributed by atoms with Gasteiger partial charge < -0.3 is 4.74 Å². The lowest BCUT2D eigenvalue weighted by molar-refractivity contribution is 0.188. The maximum atomic E-state index is 5.83. The van der Waals surface area contributed by atoms with E-state index in [9.17, 15) is 0 Å². The molecule has 0 saturated heterocycles. The minimum Gasteiger partial charge on any atom is -0.383 e. The topological polar surface area (TPSA) is 90.6 Å². The zero-order valence-corrected chi connectivity index (χ0v) is 16.6. The summed E-state index contributed by atoms with van der Waals surface area (Å²) < 4.78 is 10.5. The molecule has 0 aliphatic carbocycles. The number of nitrogens with one attached hydrogen (secondary N) is 1. The summed E-state index contributed by atoms with van der Waals surface area (Å²) in [5.74, 6) is 2.10. The van der Waals surface area contributed by atoms with Crippen molar-refractivity contribution in [1.82, 2.24) is 29.7 Å². The molecule has 3 rings (SSSR count). The number of halogens is 1. The third kappa shape index (κ3) is 5.38. The van der Waals surface area contributed by atoms with Gasteiger partial charge in [-0.15, -0.1) is 10.2 Å². The van der Waals surface area contributed by atoms with E-state index in [1.807, 2.05) is 22.8 Å². The Labute approximate surface area is 166 Å². The van der Waals surface area contributed by atoms with E-state index in [1.165, 1.54) is 11.9 Å². The predicted molar refractivity (Wildman–Crippen MR) is 107 cm³/mol. The average Bonchev–Trinajstić information content (AvgIpc) is 3.10. The molecule has 1 N–H and O–H groups in total. The van der Waals surface area contributed by atoms with Gasteiger partial charge in [0.05, 0.1) is 18.2 Å². The quantitative estimate of drug-likeness (QED) is 0.543. The van der Waals surface area contributed by atoms with Crippen molar-refractivity contribution in [2.45, 2.75) is 25.1 Å². The fraction of sp³-hybridized carbons (Fsp3) is 0.353. The molecule has 3 aromatic heterocycles. The van der Waals surface area contributed by atoms with Crippen LogP contribution in [-0.4, -0.2) is 48.7 Å². The summed E-state index contributed by atoms with van der Waals surface area (Å²) in [6, 6.07) is 5.70. The third-order valence-electron chi connectivity index (χ3n) is 3.66. The first-order valence-electron chi connectivity index (χ1n) is 8.39. The maximum Gasteiger partial charge on any atom is 0.235 e. The molecule has 142 valence electrons. The number of hydrogen-bond donors (Lipinski definition) is 1. The van der Waals surface area contributed by atoms with Gasteiger partial charge in [-0.2, -0.15) is 0 Å². The van der Waals surface area contributed by atoms with Crippen LogP contribution in [-0.2, 0) is 17.7 Å². The molecule has 0 bridgehead atoms. The normalized spacial score (nSPS) is 12.1. The Morgan fingerprint density at radius 2 is 2.04 bits per heavy atom. The molecule has 0 aromatic carbocycles. The molecular weight excluding hydrogens is 386 g/mol. The summed E-state index contributed by atoms with van der Waals surface area (Å²) in [4.78, 5) is 12.8. The molecule has 27 heavy (non-hydrogen) atoms. The van der Waals surface area contributed by atoms with Crippen molar-refractivity contribution in [1.29, 1.82) is 0 Å². The minimum absolute atomic E-state index is 0.219. The van der Waals surface area contributed by atoms with Crippen LogP contribution in [0.4, 0.5) is 5.95 Å². The van der Waals surface area contributed by atoms with Crippen LogP contribution in [0.1, 0.15) is 12.7 Å². The molecule has 1 unspecified atom stereocenters. The Balaban J connectivity index is 1.68. The molecule has 10 heteroatoms. The SMILES string of the molecule is COCCn1c(NSC(C)Cc2ncc(Cl)cn2)nnc1-c1ccccn1. The van der Waals surface area contributed by atoms with Gasteiger partial charge in [0.25, 0.3) is 0 Å². The molecule has 0 spiro atoms. The number of methoxy groups -OCH3 is 1. The van der Waals surface area contributed by atoms with Crippen molar-refractivity contribution >= 4 is 29.5 Å². The second kappa shape index (κ2) is 9.63. The van der Waals surface area contributed by atoms with E-state index in [1.54, 1.807) is 25.7 Å². The Kier molecular flexibility index (Phi) is 6.97. The van der Waals surface area contributed by atoms with E-state index in [4.69, 9.17) is 16.3 Å². The lowest BCUT2D eigenvalue weighted by atomic mass is 10.3. The minimum atomic E-state index is 0.219. The van der Waals surface area contributed by atoms with Gasteiger partial charge in [0.1, 0.15) is 11.5 Å². The summed E-state index contributed by atoms with van der Waals surface area (Å²) in [5, 5.41) is 9.32. The van der Waals surface area contributed by atoms with Crippen molar-refractivity contribution in [3.63, 3.8) is 0 Å². The first-order valence-corrected chi connectivity index (χ1v) is 9.64. The summed E-state index contributed by atoms with van der Waals surface area (Å²) >= 11 is 7.36. The molecule has 0 aliphatic heterocycles. The highest BCUT2D eigenvalue weighted by Gasteiger charge is 2.16. The van der Waals surface area contributed by atoms with E-state index in [2.05, 4.69) is 36.8 Å². The second-order valence-corrected chi connectivity index (χ2v) is 7.44. The van der Waals surface area contributed by atoms with Crippen LogP contribution in [0.2, 0.25) is 5.02 Å². The number of ether oxygens (including phenoxy) is 1. The van der Waals surface area contributed by atoms with Gasteiger partial charge in [-0.1, -0.05) is 24.6 Å². The molecule has 3 aromatic rings. The van der Waals surface area contributed by atoms with E-state index in [0.717, 1.165) is 11.5 Å².